The highest BCUT2D eigenvalue weighted by atomic mass is 35.5. The van der Waals surface area contributed by atoms with E-state index < -0.39 is 29.6 Å². The molecule has 0 atom stereocenters. The van der Waals surface area contributed by atoms with Crippen LogP contribution in [0.5, 0.6) is 0 Å². The van der Waals surface area contributed by atoms with Crippen LogP contribution in [0.3, 0.4) is 0 Å². The molecule has 144 valence electrons. The van der Waals surface area contributed by atoms with Gasteiger partial charge in [0.1, 0.15) is 18.1 Å². The number of nitrogens with zero attached hydrogens (tertiary/aromatic N) is 1. The Hall–Kier alpha value is -3.04. The predicted molar refractivity (Wildman–Crippen MR) is 101 cm³/mol. The number of carbonyl (C=O) groups excluding carboxylic acids is 3. The van der Waals surface area contributed by atoms with Crippen LogP contribution >= 0.6 is 23.4 Å². The number of methoxy groups -OCH3 is 1. The van der Waals surface area contributed by atoms with Crippen molar-refractivity contribution in [2.45, 2.75) is 0 Å². The van der Waals surface area contributed by atoms with Crippen molar-refractivity contribution in [1.82, 2.24) is 4.90 Å². The molecular weight excluding hydrogens is 410 g/mol. The van der Waals surface area contributed by atoms with E-state index in [1.54, 1.807) is 18.2 Å². The zero-order chi connectivity index (χ0) is 20.4. The normalized spacial score (nSPS) is 15.4. The zero-order valence-electron chi connectivity index (χ0n) is 14.3. The number of hydrogen-bond donors (Lipinski definition) is 1. The number of amides is 2. The van der Waals surface area contributed by atoms with E-state index in [-0.39, 0.29) is 15.5 Å². The molecule has 28 heavy (non-hydrogen) atoms. The van der Waals surface area contributed by atoms with E-state index in [0.717, 1.165) is 12.0 Å². The maximum absolute atomic E-state index is 12.3. The van der Waals surface area contributed by atoms with Crippen LogP contribution in [0.2, 0.25) is 5.02 Å². The highest BCUT2D eigenvalue weighted by Gasteiger charge is 2.36. The summed E-state index contributed by atoms with van der Waals surface area (Å²) in [5.74, 6) is -1.76. The quantitative estimate of drug-likeness (QED) is 0.576. The van der Waals surface area contributed by atoms with Crippen LogP contribution < -0.4 is 0 Å². The van der Waals surface area contributed by atoms with Gasteiger partial charge in [-0.15, -0.1) is 0 Å². The number of aromatic carboxylic acids is 1. The molecule has 1 N–H and O–H groups in total. The fourth-order valence-corrected chi connectivity index (χ4v) is 3.47. The minimum Gasteiger partial charge on any atom is -0.478 e. The molecule has 0 saturated carbocycles. The molecule has 1 fully saturated rings. The van der Waals surface area contributed by atoms with Crippen molar-refractivity contribution in [3.8, 4) is 11.3 Å². The van der Waals surface area contributed by atoms with Gasteiger partial charge in [-0.1, -0.05) is 17.7 Å². The molecule has 0 radical (unpaired) electrons. The van der Waals surface area contributed by atoms with Crippen LogP contribution in [0, 0.1) is 0 Å². The minimum absolute atomic E-state index is 0.0310. The molecule has 10 heteroatoms. The molecule has 1 saturated heterocycles. The van der Waals surface area contributed by atoms with Gasteiger partial charge in [0.2, 0.25) is 0 Å². The number of carboxylic acid groups (broad SMARTS) is 1. The Labute approximate surface area is 167 Å². The van der Waals surface area contributed by atoms with E-state index in [1.165, 1.54) is 18.2 Å². The second-order valence-corrected chi connectivity index (χ2v) is 6.95. The van der Waals surface area contributed by atoms with Crippen LogP contribution in [0.15, 0.2) is 39.7 Å². The molecule has 1 aliphatic heterocycles. The van der Waals surface area contributed by atoms with Gasteiger partial charge in [-0.25, -0.2) is 4.79 Å². The minimum atomic E-state index is -1.14. The third kappa shape index (κ3) is 3.95. The van der Waals surface area contributed by atoms with Gasteiger partial charge in [-0.3, -0.25) is 19.3 Å². The molecule has 0 bridgehead atoms. The first-order valence-corrected chi connectivity index (χ1v) is 8.95. The van der Waals surface area contributed by atoms with E-state index in [4.69, 9.17) is 21.1 Å². The Balaban J connectivity index is 1.82. The maximum atomic E-state index is 12.3. The van der Waals surface area contributed by atoms with E-state index in [1.807, 2.05) is 0 Å². The van der Waals surface area contributed by atoms with E-state index in [2.05, 4.69) is 4.74 Å². The molecular formula is C18H12ClNO7S. The Kier molecular flexibility index (Phi) is 5.57. The number of imide groups is 1. The molecule has 3 rings (SSSR count). The molecule has 2 aromatic rings. The molecule has 2 heterocycles. The number of ether oxygens (including phenoxy) is 1. The molecule has 8 nitrogen and oxygen atoms in total. The Morgan fingerprint density at radius 1 is 1.29 bits per heavy atom. The summed E-state index contributed by atoms with van der Waals surface area (Å²) in [6.45, 7) is -0.462. The van der Waals surface area contributed by atoms with Crippen molar-refractivity contribution < 1.29 is 33.4 Å². The molecule has 1 aromatic carbocycles. The van der Waals surface area contributed by atoms with Crippen molar-refractivity contribution in [3.05, 3.63) is 51.6 Å². The van der Waals surface area contributed by atoms with Gasteiger partial charge in [0, 0.05) is 11.6 Å². The van der Waals surface area contributed by atoms with Crippen LogP contribution in [0.25, 0.3) is 17.4 Å². The number of hydrogen-bond acceptors (Lipinski definition) is 7. The lowest BCUT2D eigenvalue weighted by Gasteiger charge is -2.09. The Bertz CT molecular complexity index is 1030. The van der Waals surface area contributed by atoms with E-state index in [9.17, 15) is 19.2 Å². The fraction of sp³-hybridized carbons (Fsp3) is 0.111. The van der Waals surface area contributed by atoms with Crippen molar-refractivity contribution in [1.29, 1.82) is 0 Å². The van der Waals surface area contributed by atoms with Gasteiger partial charge in [-0.05, 0) is 36.0 Å². The lowest BCUT2D eigenvalue weighted by molar-refractivity contribution is -0.143. The molecule has 0 spiro atoms. The van der Waals surface area contributed by atoms with E-state index >= 15 is 0 Å². The smallest absolute Gasteiger partial charge is 0.337 e. The lowest BCUT2D eigenvalue weighted by Crippen LogP contribution is -2.34. The number of halogens is 1. The van der Waals surface area contributed by atoms with E-state index in [0.29, 0.717) is 28.8 Å². The monoisotopic (exact) mass is 421 g/mol. The van der Waals surface area contributed by atoms with Crippen molar-refractivity contribution in [2.75, 3.05) is 13.7 Å². The molecule has 2 amide bonds. The number of rotatable bonds is 5. The summed E-state index contributed by atoms with van der Waals surface area (Å²) in [7, 11) is 1.16. The first kappa shape index (κ1) is 19.7. The Morgan fingerprint density at radius 2 is 2.04 bits per heavy atom. The average molecular weight is 422 g/mol. The Morgan fingerprint density at radius 3 is 2.68 bits per heavy atom. The number of esters is 1. The number of carboxylic acids is 1. The standard InChI is InChI=1S/C18H12ClNO7S/c1-26-15(21)8-20-16(22)14(28-18(20)25)7-10-3-5-13(27-10)9-2-4-11(17(23)24)12(19)6-9/h2-7H,8H2,1H3,(H,23,24)/b14-7+. The topological polar surface area (TPSA) is 114 Å². The molecule has 1 aliphatic rings. The number of carbonyl (C=O) groups is 4. The largest absolute Gasteiger partial charge is 0.478 e. The maximum Gasteiger partial charge on any atom is 0.337 e. The first-order valence-electron chi connectivity index (χ1n) is 7.75. The van der Waals surface area contributed by atoms with Gasteiger partial charge in [-0.2, -0.15) is 0 Å². The van der Waals surface area contributed by atoms with Crippen LogP contribution in [0.4, 0.5) is 4.79 Å². The highest BCUT2D eigenvalue weighted by Crippen LogP contribution is 2.33. The third-order valence-corrected chi connectivity index (χ3v) is 4.99. The second-order valence-electron chi connectivity index (χ2n) is 5.55. The molecule has 0 aliphatic carbocycles. The van der Waals surface area contributed by atoms with Gasteiger partial charge < -0.3 is 14.3 Å². The zero-order valence-corrected chi connectivity index (χ0v) is 15.9. The summed E-state index contributed by atoms with van der Waals surface area (Å²) < 4.78 is 10.1. The SMILES string of the molecule is COC(=O)CN1C(=O)S/C(=C/c2ccc(-c3ccc(C(=O)O)c(Cl)c3)o2)C1=O. The number of thioether (sulfide) groups is 1. The summed E-state index contributed by atoms with van der Waals surface area (Å²) in [6, 6.07) is 7.57. The predicted octanol–water partition coefficient (Wildman–Crippen LogP) is 3.51. The molecule has 0 unspecified atom stereocenters. The lowest BCUT2D eigenvalue weighted by atomic mass is 10.1. The van der Waals surface area contributed by atoms with Gasteiger partial charge in [0.25, 0.3) is 11.1 Å². The highest BCUT2D eigenvalue weighted by molar-refractivity contribution is 8.18. The summed E-state index contributed by atoms with van der Waals surface area (Å²) in [4.78, 5) is 47.4. The fourth-order valence-electron chi connectivity index (χ4n) is 2.39. The first-order chi connectivity index (χ1) is 13.3. The number of furan rings is 1. The van der Waals surface area contributed by atoms with Crippen LogP contribution in [-0.2, 0) is 14.3 Å². The second kappa shape index (κ2) is 7.91. The van der Waals surface area contributed by atoms with Crippen LogP contribution in [-0.4, -0.2) is 46.7 Å². The summed E-state index contributed by atoms with van der Waals surface area (Å²) >= 11 is 6.65. The molecule has 1 aromatic heterocycles. The summed E-state index contributed by atoms with van der Waals surface area (Å²) in [5, 5.41) is 8.50. The van der Waals surface area contributed by atoms with Gasteiger partial charge >= 0.3 is 11.9 Å². The van der Waals surface area contributed by atoms with Crippen LogP contribution in [0.1, 0.15) is 16.1 Å². The third-order valence-electron chi connectivity index (χ3n) is 3.77. The van der Waals surface area contributed by atoms with Crippen molar-refractivity contribution >= 4 is 52.5 Å². The van der Waals surface area contributed by atoms with Crippen molar-refractivity contribution in [3.63, 3.8) is 0 Å². The average Bonchev–Trinajstić information content (AvgIpc) is 3.21. The van der Waals surface area contributed by atoms with Gasteiger partial charge in [0.05, 0.1) is 22.6 Å². The number of benzene rings is 1. The van der Waals surface area contributed by atoms with Crippen molar-refractivity contribution in [2.24, 2.45) is 0 Å². The summed E-state index contributed by atoms with van der Waals surface area (Å²) in [6.07, 6.45) is 1.39. The summed E-state index contributed by atoms with van der Waals surface area (Å²) in [5.41, 5.74) is 0.518. The van der Waals surface area contributed by atoms with Gasteiger partial charge in [0.15, 0.2) is 0 Å².